The number of nitrogens with one attached hydrogen (secondary N) is 1. The van der Waals surface area contributed by atoms with Crippen LogP contribution in [0.1, 0.15) is 37.8 Å². The summed E-state index contributed by atoms with van der Waals surface area (Å²) < 4.78 is 10.7. The Bertz CT molecular complexity index is 881. The van der Waals surface area contributed by atoms with Gasteiger partial charge in [-0.3, -0.25) is 4.79 Å². The Labute approximate surface area is 175 Å². The molecule has 6 heteroatoms. The number of rotatable bonds is 6. The molecule has 1 aromatic carbocycles. The van der Waals surface area contributed by atoms with E-state index in [0.717, 1.165) is 28.1 Å². The second-order valence-electron chi connectivity index (χ2n) is 8.91. The summed E-state index contributed by atoms with van der Waals surface area (Å²) in [6.45, 7) is 0. The summed E-state index contributed by atoms with van der Waals surface area (Å²) in [6, 6.07) is 6.17. The molecule has 4 aliphatic carbocycles. The molecule has 4 aliphatic rings. The molecule has 2 aromatic rings. The molecule has 4 saturated carbocycles. The van der Waals surface area contributed by atoms with Gasteiger partial charge in [-0.1, -0.05) is 0 Å². The number of thiazole rings is 1. The lowest BCUT2D eigenvalue weighted by atomic mass is 9.54. The molecule has 1 N–H and O–H groups in total. The van der Waals surface area contributed by atoms with Gasteiger partial charge in [0.25, 0.3) is 0 Å². The Morgan fingerprint density at radius 2 is 1.76 bits per heavy atom. The highest BCUT2D eigenvalue weighted by atomic mass is 32.1. The average Bonchev–Trinajstić information content (AvgIpc) is 3.18. The minimum atomic E-state index is 0.117. The van der Waals surface area contributed by atoms with Crippen molar-refractivity contribution in [3.05, 3.63) is 29.3 Å². The number of aromatic nitrogens is 1. The van der Waals surface area contributed by atoms with Crippen LogP contribution in [0.15, 0.2) is 23.6 Å². The maximum atomic E-state index is 12.8. The van der Waals surface area contributed by atoms with E-state index in [1.807, 2.05) is 23.6 Å². The molecular formula is C23H28N2O3S. The summed E-state index contributed by atoms with van der Waals surface area (Å²) in [4.78, 5) is 17.4. The molecule has 1 heterocycles. The number of carbonyl (C=O) groups excluding carboxylic acids is 1. The first kappa shape index (κ1) is 18.9. The van der Waals surface area contributed by atoms with Gasteiger partial charge in [0, 0.05) is 17.0 Å². The van der Waals surface area contributed by atoms with E-state index in [2.05, 4.69) is 5.32 Å². The first-order chi connectivity index (χ1) is 14.1. The van der Waals surface area contributed by atoms with E-state index in [1.54, 1.807) is 25.6 Å². The van der Waals surface area contributed by atoms with Gasteiger partial charge in [-0.2, -0.15) is 0 Å². The monoisotopic (exact) mass is 412 g/mol. The van der Waals surface area contributed by atoms with Crippen molar-refractivity contribution in [3.8, 4) is 22.1 Å². The zero-order valence-corrected chi connectivity index (χ0v) is 17.8. The standard InChI is InChI=1S/C23H28N2O3S/c1-27-19-4-3-15(10-20(19)28-2)23-24-18(12-29-23)11-21(26)25-22-16-6-13-5-14(8-16)9-17(22)7-13/h3-4,10,12-14,16-17,22H,5-9,11H2,1-2H3,(H,25,26). The maximum Gasteiger partial charge on any atom is 0.226 e. The highest BCUT2D eigenvalue weighted by Gasteiger charge is 2.48. The Morgan fingerprint density at radius 3 is 2.41 bits per heavy atom. The molecule has 1 amide bonds. The van der Waals surface area contributed by atoms with E-state index in [9.17, 15) is 4.79 Å². The van der Waals surface area contributed by atoms with Gasteiger partial charge in [0.05, 0.1) is 26.3 Å². The Kier molecular flexibility index (Phi) is 4.98. The number of amides is 1. The highest BCUT2D eigenvalue weighted by Crippen LogP contribution is 2.53. The number of nitrogens with zero attached hydrogens (tertiary/aromatic N) is 1. The smallest absolute Gasteiger partial charge is 0.226 e. The van der Waals surface area contributed by atoms with E-state index in [4.69, 9.17) is 14.5 Å². The molecule has 4 fully saturated rings. The van der Waals surface area contributed by atoms with E-state index in [-0.39, 0.29) is 5.91 Å². The van der Waals surface area contributed by atoms with Crippen molar-refractivity contribution in [2.75, 3.05) is 14.2 Å². The van der Waals surface area contributed by atoms with E-state index in [0.29, 0.717) is 35.8 Å². The lowest BCUT2D eigenvalue weighted by molar-refractivity contribution is -0.124. The summed E-state index contributed by atoms with van der Waals surface area (Å²) in [5, 5.41) is 6.26. The minimum Gasteiger partial charge on any atom is -0.493 e. The van der Waals surface area contributed by atoms with Crippen molar-refractivity contribution in [2.45, 2.75) is 44.6 Å². The minimum absolute atomic E-state index is 0.117. The normalized spacial score (nSPS) is 29.7. The fourth-order valence-electron chi connectivity index (χ4n) is 6.05. The second-order valence-corrected chi connectivity index (χ2v) is 9.77. The lowest BCUT2D eigenvalue weighted by Crippen LogP contribution is -2.56. The molecule has 0 unspecified atom stereocenters. The summed E-state index contributed by atoms with van der Waals surface area (Å²) in [5.41, 5.74) is 1.81. The predicted molar refractivity (Wildman–Crippen MR) is 113 cm³/mol. The Hall–Kier alpha value is -2.08. The summed E-state index contributed by atoms with van der Waals surface area (Å²) >= 11 is 1.56. The van der Waals surface area contributed by atoms with Gasteiger partial charge in [-0.05, 0) is 74.0 Å². The molecule has 0 saturated heterocycles. The van der Waals surface area contributed by atoms with Crippen LogP contribution in [0.3, 0.4) is 0 Å². The molecule has 5 nitrogen and oxygen atoms in total. The molecule has 0 atom stereocenters. The van der Waals surface area contributed by atoms with Crippen molar-refractivity contribution >= 4 is 17.2 Å². The van der Waals surface area contributed by atoms with E-state index >= 15 is 0 Å². The van der Waals surface area contributed by atoms with Crippen LogP contribution in [-0.4, -0.2) is 31.2 Å². The first-order valence-corrected chi connectivity index (χ1v) is 11.5. The third-order valence-electron chi connectivity index (χ3n) is 7.08. The molecular weight excluding hydrogens is 384 g/mol. The van der Waals surface area contributed by atoms with Crippen LogP contribution in [0, 0.1) is 23.7 Å². The van der Waals surface area contributed by atoms with E-state index < -0.39 is 0 Å². The zero-order valence-electron chi connectivity index (χ0n) is 17.0. The third-order valence-corrected chi connectivity index (χ3v) is 8.02. The SMILES string of the molecule is COc1ccc(-c2nc(CC(=O)NC3C4CC5CC(C4)CC3C5)cs2)cc1OC. The Balaban J connectivity index is 1.24. The highest BCUT2D eigenvalue weighted by molar-refractivity contribution is 7.13. The molecule has 154 valence electrons. The van der Waals surface area contributed by atoms with Gasteiger partial charge < -0.3 is 14.8 Å². The van der Waals surface area contributed by atoms with Crippen LogP contribution in [0.2, 0.25) is 0 Å². The second kappa shape index (κ2) is 7.63. The fraction of sp³-hybridized carbons (Fsp3) is 0.565. The number of hydrogen-bond acceptors (Lipinski definition) is 5. The largest absolute Gasteiger partial charge is 0.493 e. The average molecular weight is 413 g/mol. The third kappa shape index (κ3) is 3.63. The molecule has 0 spiro atoms. The zero-order chi connectivity index (χ0) is 20.0. The van der Waals surface area contributed by atoms with Crippen molar-refractivity contribution in [3.63, 3.8) is 0 Å². The number of benzene rings is 1. The van der Waals surface area contributed by atoms with Gasteiger partial charge >= 0.3 is 0 Å². The van der Waals surface area contributed by atoms with Crippen LogP contribution in [0.5, 0.6) is 11.5 Å². The van der Waals surface area contributed by atoms with Crippen LogP contribution in [-0.2, 0) is 11.2 Å². The first-order valence-electron chi connectivity index (χ1n) is 10.6. The van der Waals surface area contributed by atoms with Gasteiger partial charge in [0.1, 0.15) is 5.01 Å². The molecule has 0 radical (unpaired) electrons. The predicted octanol–water partition coefficient (Wildman–Crippen LogP) is 4.31. The molecule has 6 rings (SSSR count). The lowest BCUT2D eigenvalue weighted by Gasteiger charge is -2.54. The topological polar surface area (TPSA) is 60.5 Å². The summed E-state index contributed by atoms with van der Waals surface area (Å²) in [7, 11) is 3.25. The van der Waals surface area contributed by atoms with Crippen molar-refractivity contribution in [1.82, 2.24) is 10.3 Å². The van der Waals surface area contributed by atoms with Crippen molar-refractivity contribution < 1.29 is 14.3 Å². The van der Waals surface area contributed by atoms with Crippen molar-refractivity contribution in [1.29, 1.82) is 0 Å². The van der Waals surface area contributed by atoms with Gasteiger partial charge in [-0.15, -0.1) is 11.3 Å². The molecule has 4 bridgehead atoms. The number of carbonyl (C=O) groups is 1. The fourth-order valence-corrected chi connectivity index (χ4v) is 6.87. The molecule has 0 aliphatic heterocycles. The number of methoxy groups -OCH3 is 2. The Morgan fingerprint density at radius 1 is 1.07 bits per heavy atom. The number of hydrogen-bond donors (Lipinski definition) is 1. The van der Waals surface area contributed by atoms with Gasteiger partial charge in [0.15, 0.2) is 11.5 Å². The summed E-state index contributed by atoms with van der Waals surface area (Å²) in [6.07, 6.45) is 7.06. The summed E-state index contributed by atoms with van der Waals surface area (Å²) in [5.74, 6) is 4.75. The van der Waals surface area contributed by atoms with Crippen LogP contribution in [0.25, 0.3) is 10.6 Å². The maximum absolute atomic E-state index is 12.8. The number of ether oxygens (including phenoxy) is 2. The van der Waals surface area contributed by atoms with Crippen LogP contribution < -0.4 is 14.8 Å². The van der Waals surface area contributed by atoms with Crippen molar-refractivity contribution in [2.24, 2.45) is 23.7 Å². The van der Waals surface area contributed by atoms with Gasteiger partial charge in [0.2, 0.25) is 5.91 Å². The van der Waals surface area contributed by atoms with E-state index in [1.165, 1.54) is 32.1 Å². The van der Waals surface area contributed by atoms with Crippen LogP contribution in [0.4, 0.5) is 0 Å². The van der Waals surface area contributed by atoms with Gasteiger partial charge in [-0.25, -0.2) is 4.98 Å². The molecule has 1 aromatic heterocycles. The van der Waals surface area contributed by atoms with Crippen LogP contribution >= 0.6 is 11.3 Å². The quantitative estimate of drug-likeness (QED) is 0.768. The molecule has 29 heavy (non-hydrogen) atoms.